The minimum Gasteiger partial charge on any atom is -0.356 e. The van der Waals surface area contributed by atoms with Crippen LogP contribution in [-0.2, 0) is 18.4 Å². The van der Waals surface area contributed by atoms with Gasteiger partial charge in [-0.2, -0.15) is 4.80 Å². The van der Waals surface area contributed by atoms with Gasteiger partial charge in [0.05, 0.1) is 19.5 Å². The van der Waals surface area contributed by atoms with E-state index >= 15 is 0 Å². The van der Waals surface area contributed by atoms with Crippen LogP contribution in [0.1, 0.15) is 12.7 Å². The molecule has 2 atom stereocenters. The Morgan fingerprint density at radius 1 is 1.41 bits per heavy atom. The van der Waals surface area contributed by atoms with E-state index in [1.165, 1.54) is 4.80 Å². The largest absolute Gasteiger partial charge is 0.356 e. The number of rotatable bonds is 4. The van der Waals surface area contributed by atoms with Gasteiger partial charge in [-0.3, -0.25) is 4.79 Å². The number of anilines is 1. The highest BCUT2D eigenvalue weighted by Gasteiger charge is 2.35. The third-order valence-electron chi connectivity index (χ3n) is 3.89. The number of hydrogen-bond donors (Lipinski definition) is 1. The van der Waals surface area contributed by atoms with Gasteiger partial charge in [-0.25, -0.2) is 4.98 Å². The predicted molar refractivity (Wildman–Crippen MR) is 79.7 cm³/mol. The average molecular weight is 301 g/mol. The van der Waals surface area contributed by atoms with E-state index in [0.717, 1.165) is 12.4 Å². The second-order valence-corrected chi connectivity index (χ2v) is 5.59. The summed E-state index contributed by atoms with van der Waals surface area (Å²) in [7, 11) is 1.70. The lowest BCUT2D eigenvalue weighted by molar-refractivity contribution is -0.125. The van der Waals surface area contributed by atoms with Gasteiger partial charge in [0, 0.05) is 19.3 Å². The number of aromatic nitrogens is 5. The minimum atomic E-state index is -0.0568. The molecule has 1 N–H and O–H groups in total. The molecule has 1 aliphatic heterocycles. The lowest BCUT2D eigenvalue weighted by Crippen LogP contribution is -2.34. The molecule has 0 radical (unpaired) electrons. The fourth-order valence-corrected chi connectivity index (χ4v) is 2.73. The molecule has 8 nitrogen and oxygen atoms in total. The summed E-state index contributed by atoms with van der Waals surface area (Å²) in [5.41, 5.74) is 0. The molecular formula is C14H19N7O. The standard InChI is InChI=1S/C14H19N7O/c1-10-8-21(13-5-3-4-6-15-13)9-11(10)14(22)16-7-12-17-19-20(2)18-12/h3-6,10-11H,7-9H2,1-2H3,(H,16,22)/t10-,11-/m1/s1. The van der Waals surface area contributed by atoms with Crippen LogP contribution in [0.3, 0.4) is 0 Å². The van der Waals surface area contributed by atoms with Gasteiger partial charge < -0.3 is 10.2 Å². The van der Waals surface area contributed by atoms with E-state index in [1.807, 2.05) is 18.2 Å². The number of carbonyl (C=O) groups excluding carboxylic acids is 1. The van der Waals surface area contributed by atoms with Crippen LogP contribution < -0.4 is 10.2 Å². The highest BCUT2D eigenvalue weighted by molar-refractivity contribution is 5.80. The van der Waals surface area contributed by atoms with E-state index in [-0.39, 0.29) is 17.7 Å². The van der Waals surface area contributed by atoms with Gasteiger partial charge in [0.15, 0.2) is 5.82 Å². The molecule has 0 bridgehead atoms. The van der Waals surface area contributed by atoms with Crippen molar-refractivity contribution in [3.8, 4) is 0 Å². The van der Waals surface area contributed by atoms with Crippen LogP contribution in [0, 0.1) is 11.8 Å². The van der Waals surface area contributed by atoms with Gasteiger partial charge in [0.2, 0.25) is 5.91 Å². The first-order chi connectivity index (χ1) is 10.6. The van der Waals surface area contributed by atoms with Crippen LogP contribution in [0.25, 0.3) is 0 Å². The van der Waals surface area contributed by atoms with Crippen LogP contribution in [0.2, 0.25) is 0 Å². The van der Waals surface area contributed by atoms with Gasteiger partial charge in [0.1, 0.15) is 5.82 Å². The number of aryl methyl sites for hydroxylation is 1. The van der Waals surface area contributed by atoms with Crippen LogP contribution in [0.5, 0.6) is 0 Å². The molecule has 0 saturated carbocycles. The zero-order chi connectivity index (χ0) is 15.5. The third kappa shape index (κ3) is 3.05. The van der Waals surface area contributed by atoms with Gasteiger partial charge in [-0.15, -0.1) is 10.2 Å². The van der Waals surface area contributed by atoms with Crippen molar-refractivity contribution in [3.05, 3.63) is 30.2 Å². The quantitative estimate of drug-likeness (QED) is 0.854. The molecule has 3 rings (SSSR count). The molecular weight excluding hydrogens is 282 g/mol. The number of tetrazole rings is 1. The number of hydrogen-bond acceptors (Lipinski definition) is 6. The van der Waals surface area contributed by atoms with Crippen LogP contribution in [0.15, 0.2) is 24.4 Å². The Labute approximate surface area is 128 Å². The van der Waals surface area contributed by atoms with Crippen molar-refractivity contribution in [2.75, 3.05) is 18.0 Å². The van der Waals surface area contributed by atoms with E-state index in [4.69, 9.17) is 0 Å². The van der Waals surface area contributed by atoms with E-state index in [9.17, 15) is 4.79 Å². The molecule has 1 aliphatic rings. The van der Waals surface area contributed by atoms with E-state index in [2.05, 4.69) is 37.5 Å². The summed E-state index contributed by atoms with van der Waals surface area (Å²) >= 11 is 0. The second kappa shape index (κ2) is 6.08. The Hall–Kier alpha value is -2.51. The molecule has 1 saturated heterocycles. The monoisotopic (exact) mass is 301 g/mol. The fourth-order valence-electron chi connectivity index (χ4n) is 2.73. The molecule has 8 heteroatoms. The van der Waals surface area contributed by atoms with Crippen molar-refractivity contribution in [3.63, 3.8) is 0 Å². The van der Waals surface area contributed by atoms with Crippen molar-refractivity contribution in [2.45, 2.75) is 13.5 Å². The normalized spacial score (nSPS) is 21.1. The van der Waals surface area contributed by atoms with Crippen LogP contribution in [-0.4, -0.2) is 44.2 Å². The topological polar surface area (TPSA) is 88.8 Å². The molecule has 0 aliphatic carbocycles. The summed E-state index contributed by atoms with van der Waals surface area (Å²) in [4.78, 5) is 20.2. The molecule has 3 heterocycles. The number of carbonyl (C=O) groups is 1. The Kier molecular flexibility index (Phi) is 3.99. The summed E-state index contributed by atoms with van der Waals surface area (Å²) in [5, 5.41) is 14.6. The highest BCUT2D eigenvalue weighted by Crippen LogP contribution is 2.26. The van der Waals surface area contributed by atoms with Crippen molar-refractivity contribution in [1.82, 2.24) is 30.5 Å². The molecule has 1 fully saturated rings. The summed E-state index contributed by atoms with van der Waals surface area (Å²) in [6.45, 7) is 3.91. The first-order valence-corrected chi connectivity index (χ1v) is 7.30. The molecule has 0 spiro atoms. The van der Waals surface area contributed by atoms with E-state index in [1.54, 1.807) is 13.2 Å². The van der Waals surface area contributed by atoms with E-state index in [0.29, 0.717) is 18.9 Å². The summed E-state index contributed by atoms with van der Waals surface area (Å²) < 4.78 is 0. The smallest absolute Gasteiger partial charge is 0.225 e. The molecule has 22 heavy (non-hydrogen) atoms. The van der Waals surface area contributed by atoms with Crippen molar-refractivity contribution in [2.24, 2.45) is 18.9 Å². The Morgan fingerprint density at radius 3 is 2.95 bits per heavy atom. The summed E-state index contributed by atoms with van der Waals surface area (Å²) in [6.07, 6.45) is 1.77. The maximum atomic E-state index is 12.4. The Morgan fingerprint density at radius 2 is 2.27 bits per heavy atom. The van der Waals surface area contributed by atoms with Gasteiger partial charge in [0.25, 0.3) is 0 Å². The van der Waals surface area contributed by atoms with Crippen molar-refractivity contribution < 1.29 is 4.79 Å². The molecule has 116 valence electrons. The van der Waals surface area contributed by atoms with Crippen LogP contribution >= 0.6 is 0 Å². The lowest BCUT2D eigenvalue weighted by atomic mass is 9.97. The Balaban J connectivity index is 1.58. The van der Waals surface area contributed by atoms with Gasteiger partial charge >= 0.3 is 0 Å². The summed E-state index contributed by atoms with van der Waals surface area (Å²) in [5.74, 6) is 1.68. The number of nitrogens with zero attached hydrogens (tertiary/aromatic N) is 6. The second-order valence-electron chi connectivity index (χ2n) is 5.59. The summed E-state index contributed by atoms with van der Waals surface area (Å²) in [6, 6.07) is 5.82. The molecule has 1 amide bonds. The lowest BCUT2D eigenvalue weighted by Gasteiger charge is -2.16. The Bertz CT molecular complexity index is 642. The minimum absolute atomic E-state index is 0.0263. The van der Waals surface area contributed by atoms with Crippen LogP contribution in [0.4, 0.5) is 5.82 Å². The molecule has 0 aromatic carbocycles. The average Bonchev–Trinajstić information content (AvgIpc) is 3.12. The number of nitrogens with one attached hydrogen (secondary N) is 1. The number of pyridine rings is 1. The molecule has 2 aromatic rings. The predicted octanol–water partition coefficient (Wildman–Crippen LogP) is -0.00620. The molecule has 0 unspecified atom stereocenters. The van der Waals surface area contributed by atoms with Gasteiger partial charge in [-0.1, -0.05) is 13.0 Å². The fraction of sp³-hybridized carbons (Fsp3) is 0.500. The third-order valence-corrected chi connectivity index (χ3v) is 3.89. The van der Waals surface area contributed by atoms with Crippen molar-refractivity contribution in [1.29, 1.82) is 0 Å². The highest BCUT2D eigenvalue weighted by atomic mass is 16.2. The first-order valence-electron chi connectivity index (χ1n) is 7.30. The first kappa shape index (κ1) is 14.4. The number of amides is 1. The van der Waals surface area contributed by atoms with Gasteiger partial charge in [-0.05, 0) is 23.3 Å². The SMILES string of the molecule is C[C@@H]1CN(c2ccccn2)C[C@H]1C(=O)NCc1nnn(C)n1. The zero-order valence-corrected chi connectivity index (χ0v) is 12.7. The molecule has 2 aromatic heterocycles. The maximum Gasteiger partial charge on any atom is 0.225 e. The van der Waals surface area contributed by atoms with Crippen molar-refractivity contribution >= 4 is 11.7 Å². The zero-order valence-electron chi connectivity index (χ0n) is 12.7. The maximum absolute atomic E-state index is 12.4. The van der Waals surface area contributed by atoms with E-state index < -0.39 is 0 Å².